The summed E-state index contributed by atoms with van der Waals surface area (Å²) in [5, 5.41) is 31.6. The third-order valence-electron chi connectivity index (χ3n) is 9.99. The minimum atomic E-state index is -0.837. The molecule has 1 aromatic carbocycles. The van der Waals surface area contributed by atoms with E-state index in [1.54, 1.807) is 16.7 Å². The molecule has 0 radical (unpaired) electrons. The highest BCUT2D eigenvalue weighted by atomic mass is 16.6. The molecule has 8 atom stereocenters. The molecule has 2 aromatic heterocycles. The zero-order valence-corrected chi connectivity index (χ0v) is 22.1. The number of H-pyrrole nitrogens is 1. The largest absolute Gasteiger partial charge is 0.504 e. The minimum Gasteiger partial charge on any atom is -0.504 e. The van der Waals surface area contributed by atoms with Crippen molar-refractivity contribution in [2.24, 2.45) is 17.3 Å². The summed E-state index contributed by atoms with van der Waals surface area (Å²) in [5.74, 6) is 0.571. The van der Waals surface area contributed by atoms with E-state index < -0.39 is 30.1 Å². The number of imidazole rings is 1. The van der Waals surface area contributed by atoms with Gasteiger partial charge in [-0.15, -0.1) is 0 Å². The number of hydrogen-bond acceptors (Lipinski definition) is 10. The van der Waals surface area contributed by atoms with E-state index in [0.717, 1.165) is 30.4 Å². The minimum absolute atomic E-state index is 0.0380. The number of ketones is 1. The number of aromatic nitrogens is 4. The van der Waals surface area contributed by atoms with Crippen molar-refractivity contribution in [2.45, 2.75) is 75.9 Å². The van der Waals surface area contributed by atoms with Crippen LogP contribution in [0.1, 0.15) is 74.8 Å². The number of ether oxygens (including phenoxy) is 2. The Balaban J connectivity index is 1.14. The Morgan fingerprint density at radius 1 is 1.20 bits per heavy atom. The predicted molar refractivity (Wildman–Crippen MR) is 141 cm³/mol. The lowest BCUT2D eigenvalue weighted by Gasteiger charge is -2.50. The summed E-state index contributed by atoms with van der Waals surface area (Å²) in [6, 6.07) is 3.23. The molecule has 4 aliphatic rings. The Bertz CT molecular complexity index is 1570. The number of nitrogens with zero attached hydrogens (tertiary/aromatic N) is 3. The van der Waals surface area contributed by atoms with E-state index in [1.807, 2.05) is 0 Å². The number of nitrogens with one attached hydrogen (secondary N) is 1. The smallest absolute Gasteiger partial charge is 0.280 e. The van der Waals surface area contributed by atoms with Gasteiger partial charge < -0.3 is 30.5 Å². The van der Waals surface area contributed by atoms with Crippen LogP contribution in [0.4, 0.5) is 5.95 Å². The van der Waals surface area contributed by atoms with Gasteiger partial charge in [-0.05, 0) is 66.7 Å². The molecule has 40 heavy (non-hydrogen) atoms. The molecule has 12 heteroatoms. The average molecular weight is 552 g/mol. The van der Waals surface area contributed by atoms with E-state index in [1.165, 1.54) is 6.33 Å². The van der Waals surface area contributed by atoms with Gasteiger partial charge in [0.05, 0.1) is 25.1 Å². The Labute approximate surface area is 229 Å². The van der Waals surface area contributed by atoms with E-state index in [2.05, 4.69) is 21.9 Å². The molecule has 1 aliphatic heterocycles. The number of nitrogen functional groups attached to an aromatic ring is 1. The number of aromatic hydroxyl groups is 2. The van der Waals surface area contributed by atoms with Gasteiger partial charge in [0, 0.05) is 18.3 Å². The number of rotatable bonds is 4. The summed E-state index contributed by atoms with van der Waals surface area (Å²) in [6.45, 7) is 2.19. The first kappa shape index (κ1) is 25.5. The van der Waals surface area contributed by atoms with Crippen molar-refractivity contribution in [3.05, 3.63) is 39.9 Å². The summed E-state index contributed by atoms with van der Waals surface area (Å²) >= 11 is 0. The first-order valence-corrected chi connectivity index (χ1v) is 13.9. The number of carbonyl (C=O) groups is 1. The fourth-order valence-corrected chi connectivity index (χ4v) is 7.92. The molecule has 3 fully saturated rings. The molecule has 3 aromatic rings. The Morgan fingerprint density at radius 2 is 1.98 bits per heavy atom. The number of anilines is 1. The van der Waals surface area contributed by atoms with Crippen LogP contribution < -0.4 is 11.3 Å². The topological polar surface area (TPSA) is 186 Å². The van der Waals surface area contributed by atoms with E-state index in [4.69, 9.17) is 15.2 Å². The Kier molecular flexibility index (Phi) is 5.74. The van der Waals surface area contributed by atoms with Gasteiger partial charge in [-0.2, -0.15) is 4.98 Å². The number of fused-ring (bicyclic) bond motifs is 6. The monoisotopic (exact) mass is 551 g/mol. The number of aliphatic hydroxyl groups is 1. The maximum absolute atomic E-state index is 12.8. The van der Waals surface area contributed by atoms with Crippen molar-refractivity contribution in [3.8, 4) is 11.5 Å². The lowest BCUT2D eigenvalue weighted by atomic mass is 9.55. The fraction of sp³-hybridized carbons (Fsp3) is 0.571. The molecule has 6 N–H and O–H groups in total. The molecule has 0 spiro atoms. The molecule has 12 nitrogen and oxygen atoms in total. The number of hydrogen-bond donors (Lipinski definition) is 5. The summed E-state index contributed by atoms with van der Waals surface area (Å²) in [6.07, 6.45) is 2.99. The number of aliphatic hydroxyl groups excluding tert-OH is 1. The summed E-state index contributed by atoms with van der Waals surface area (Å²) in [4.78, 5) is 35.7. The van der Waals surface area contributed by atoms with E-state index >= 15 is 0 Å². The molecule has 0 bridgehead atoms. The van der Waals surface area contributed by atoms with Crippen LogP contribution in [0.2, 0.25) is 0 Å². The van der Waals surface area contributed by atoms with Crippen LogP contribution in [0, 0.1) is 17.3 Å². The van der Waals surface area contributed by atoms with E-state index in [0.29, 0.717) is 18.6 Å². The maximum atomic E-state index is 12.8. The fourth-order valence-electron chi connectivity index (χ4n) is 7.92. The summed E-state index contributed by atoms with van der Waals surface area (Å²) in [7, 11) is 0. The van der Waals surface area contributed by atoms with Gasteiger partial charge in [-0.1, -0.05) is 6.92 Å². The standard InChI is InChI=1S/C28H33N5O7/c1-28-5-4-12-13-6-17(34)18(35)7-15(13)20(8-14(12)16(28)2-3-22(28)37)39-10-21-19(36)9-23(40-21)33-11-30-24-25(33)31-27(29)32-26(24)38/h6-7,11-12,14,16,19-21,23,34-36H,2-5,8-10H2,1H3,(H3,29,31,32,38)/t12?,14?,16?,19-,20?,21+,23+,28-/m0/s1. The van der Waals surface area contributed by atoms with Crippen LogP contribution in [0.3, 0.4) is 0 Å². The average Bonchev–Trinajstić information content (AvgIpc) is 3.58. The van der Waals surface area contributed by atoms with E-state index in [-0.39, 0.29) is 64.8 Å². The molecular formula is C28H33N5O7. The second-order valence-electron chi connectivity index (χ2n) is 12.0. The van der Waals surface area contributed by atoms with Gasteiger partial charge in [0.1, 0.15) is 18.1 Å². The highest BCUT2D eigenvalue weighted by Crippen LogP contribution is 2.62. The number of phenolic OH excluding ortho intramolecular Hbond substituents is 2. The van der Waals surface area contributed by atoms with Crippen molar-refractivity contribution in [1.29, 1.82) is 0 Å². The maximum Gasteiger partial charge on any atom is 0.280 e. The van der Waals surface area contributed by atoms with E-state index in [9.17, 15) is 24.9 Å². The van der Waals surface area contributed by atoms with Crippen LogP contribution in [0.25, 0.3) is 11.2 Å². The molecule has 0 amide bonds. The highest BCUT2D eigenvalue weighted by molar-refractivity contribution is 5.87. The third kappa shape index (κ3) is 3.76. The number of Topliss-reactive ketones (excluding diaryl/α,β-unsaturated/α-hetero) is 1. The number of nitrogens with two attached hydrogens (primary N) is 1. The summed E-state index contributed by atoms with van der Waals surface area (Å²) in [5.41, 5.74) is 7.13. The second-order valence-corrected chi connectivity index (χ2v) is 12.0. The molecule has 7 rings (SSSR count). The van der Waals surface area contributed by atoms with Gasteiger partial charge >= 0.3 is 0 Å². The normalized spacial score (nSPS) is 35.0. The van der Waals surface area contributed by atoms with Crippen molar-refractivity contribution < 1.29 is 29.6 Å². The van der Waals surface area contributed by atoms with Crippen molar-refractivity contribution in [1.82, 2.24) is 19.5 Å². The second kappa shape index (κ2) is 9.02. The van der Waals surface area contributed by atoms with Gasteiger partial charge in [0.15, 0.2) is 22.7 Å². The van der Waals surface area contributed by atoms with Crippen molar-refractivity contribution in [3.63, 3.8) is 0 Å². The number of phenols is 2. The van der Waals surface area contributed by atoms with Crippen LogP contribution in [-0.4, -0.2) is 59.4 Å². The van der Waals surface area contributed by atoms with Gasteiger partial charge in [-0.3, -0.25) is 19.1 Å². The van der Waals surface area contributed by atoms with Gasteiger partial charge in [-0.25, -0.2) is 4.98 Å². The zero-order valence-electron chi connectivity index (χ0n) is 22.1. The number of benzene rings is 1. The van der Waals surface area contributed by atoms with Crippen molar-refractivity contribution in [2.75, 3.05) is 12.3 Å². The van der Waals surface area contributed by atoms with Crippen LogP contribution in [0.15, 0.2) is 23.3 Å². The SMILES string of the molecule is C[C@]12CCC3c4cc(O)c(O)cc4C(OC[C@H]4O[C@@H](n5cnc6c(=O)[nH]c(N)nc65)C[C@@H]4O)CC3C1CCC2=O. The number of aromatic amines is 1. The quantitative estimate of drug-likeness (QED) is 0.301. The molecule has 3 aliphatic carbocycles. The van der Waals surface area contributed by atoms with Crippen molar-refractivity contribution >= 4 is 22.9 Å². The lowest BCUT2D eigenvalue weighted by Crippen LogP contribution is -2.43. The summed E-state index contributed by atoms with van der Waals surface area (Å²) < 4.78 is 14.2. The molecular weight excluding hydrogens is 518 g/mol. The zero-order chi connectivity index (χ0) is 27.9. The van der Waals surface area contributed by atoms with Crippen LogP contribution in [-0.2, 0) is 14.3 Å². The molecule has 1 saturated heterocycles. The predicted octanol–water partition coefficient (Wildman–Crippen LogP) is 2.40. The Morgan fingerprint density at radius 3 is 2.77 bits per heavy atom. The first-order valence-electron chi connectivity index (χ1n) is 13.9. The van der Waals surface area contributed by atoms with Gasteiger partial charge in [0.25, 0.3) is 5.56 Å². The molecule has 3 heterocycles. The van der Waals surface area contributed by atoms with Gasteiger partial charge in [0.2, 0.25) is 5.95 Å². The molecule has 4 unspecified atom stereocenters. The molecule has 2 saturated carbocycles. The lowest BCUT2D eigenvalue weighted by molar-refractivity contribution is -0.130. The van der Waals surface area contributed by atoms with Crippen LogP contribution in [0.5, 0.6) is 11.5 Å². The first-order chi connectivity index (χ1) is 19.1. The molecule has 212 valence electrons. The van der Waals surface area contributed by atoms with Crippen LogP contribution >= 0.6 is 0 Å². The third-order valence-corrected chi connectivity index (χ3v) is 9.99. The Hall–Kier alpha value is -3.48. The number of carbonyl (C=O) groups excluding carboxylic acids is 1. The highest BCUT2D eigenvalue weighted by Gasteiger charge is 2.56.